The van der Waals surface area contributed by atoms with Gasteiger partial charge in [-0.3, -0.25) is 14.4 Å². The van der Waals surface area contributed by atoms with E-state index in [1.165, 1.54) is 0 Å². The van der Waals surface area contributed by atoms with Gasteiger partial charge in [0.05, 0.1) is 12.5 Å². The molecule has 0 atom stereocenters. The van der Waals surface area contributed by atoms with E-state index < -0.39 is 5.97 Å². The number of rotatable bonds is 5. The van der Waals surface area contributed by atoms with Crippen LogP contribution < -0.4 is 10.6 Å². The minimum absolute atomic E-state index is 0.0768. The van der Waals surface area contributed by atoms with Gasteiger partial charge in [0, 0.05) is 11.6 Å². The number of carbonyl (C=O) groups excluding carboxylic acids is 2. The van der Waals surface area contributed by atoms with Crippen LogP contribution in [-0.2, 0) is 14.4 Å². The maximum absolute atomic E-state index is 12.0. The number of aliphatic carboxylic acids is 1. The zero-order chi connectivity index (χ0) is 15.9. The van der Waals surface area contributed by atoms with Crippen molar-refractivity contribution in [3.05, 3.63) is 30.3 Å². The lowest BCUT2D eigenvalue weighted by Gasteiger charge is -2.25. The van der Waals surface area contributed by atoms with E-state index in [2.05, 4.69) is 10.6 Å². The molecule has 118 valence electrons. The van der Waals surface area contributed by atoms with Crippen molar-refractivity contribution in [3.8, 4) is 0 Å². The van der Waals surface area contributed by atoms with E-state index in [4.69, 9.17) is 5.11 Å². The predicted octanol–water partition coefficient (Wildman–Crippen LogP) is 1.63. The first-order valence-corrected chi connectivity index (χ1v) is 7.41. The summed E-state index contributed by atoms with van der Waals surface area (Å²) in [6.45, 7) is -0.0768. The van der Waals surface area contributed by atoms with Crippen LogP contribution in [0.5, 0.6) is 0 Å². The molecule has 6 nitrogen and oxygen atoms in total. The van der Waals surface area contributed by atoms with Crippen molar-refractivity contribution in [1.29, 1.82) is 0 Å². The number of carboxylic acids is 1. The van der Waals surface area contributed by atoms with Gasteiger partial charge in [-0.15, -0.1) is 0 Å². The van der Waals surface area contributed by atoms with E-state index >= 15 is 0 Å². The summed E-state index contributed by atoms with van der Waals surface area (Å²) in [7, 11) is 0. The average Bonchev–Trinajstić information content (AvgIpc) is 2.53. The Morgan fingerprint density at radius 3 is 2.18 bits per heavy atom. The fourth-order valence-corrected chi connectivity index (χ4v) is 2.64. The Labute approximate surface area is 128 Å². The first-order chi connectivity index (χ1) is 10.6. The van der Waals surface area contributed by atoms with Gasteiger partial charge < -0.3 is 15.7 Å². The lowest BCUT2D eigenvalue weighted by molar-refractivity contribution is -0.144. The van der Waals surface area contributed by atoms with Crippen molar-refractivity contribution in [2.75, 3.05) is 11.9 Å². The fraction of sp³-hybridized carbons (Fsp3) is 0.438. The number of amides is 2. The Kier molecular flexibility index (Phi) is 5.52. The van der Waals surface area contributed by atoms with Crippen LogP contribution >= 0.6 is 0 Å². The number of hydrogen-bond donors (Lipinski definition) is 3. The molecule has 1 saturated carbocycles. The number of nitrogens with one attached hydrogen (secondary N) is 2. The Morgan fingerprint density at radius 1 is 1.00 bits per heavy atom. The van der Waals surface area contributed by atoms with Crippen molar-refractivity contribution in [2.45, 2.75) is 25.7 Å². The van der Waals surface area contributed by atoms with E-state index in [-0.39, 0.29) is 30.2 Å². The number of hydrogen-bond acceptors (Lipinski definition) is 3. The number of carboxylic acid groups (broad SMARTS) is 1. The van der Waals surface area contributed by atoms with Crippen LogP contribution in [-0.4, -0.2) is 29.4 Å². The molecule has 1 aliphatic rings. The second-order valence-corrected chi connectivity index (χ2v) is 5.52. The van der Waals surface area contributed by atoms with Crippen LogP contribution in [0.4, 0.5) is 5.69 Å². The molecule has 0 heterocycles. The molecule has 2 rings (SSSR count). The SMILES string of the molecule is O=C(CNC(=O)C1CCC(C(=O)O)CC1)Nc1ccccc1. The highest BCUT2D eigenvalue weighted by Gasteiger charge is 2.29. The quantitative estimate of drug-likeness (QED) is 0.770. The lowest BCUT2D eigenvalue weighted by Crippen LogP contribution is -2.38. The van der Waals surface area contributed by atoms with Crippen molar-refractivity contribution in [1.82, 2.24) is 5.32 Å². The summed E-state index contributed by atoms with van der Waals surface area (Å²) in [5.41, 5.74) is 0.684. The Bertz CT molecular complexity index is 536. The molecule has 1 aromatic carbocycles. The highest BCUT2D eigenvalue weighted by molar-refractivity contribution is 5.94. The van der Waals surface area contributed by atoms with Gasteiger partial charge in [-0.25, -0.2) is 0 Å². The van der Waals surface area contributed by atoms with E-state index in [9.17, 15) is 14.4 Å². The molecule has 0 saturated heterocycles. The first-order valence-electron chi connectivity index (χ1n) is 7.41. The standard InChI is InChI=1S/C16H20N2O4/c19-14(18-13-4-2-1-3-5-13)10-17-15(20)11-6-8-12(9-7-11)16(21)22/h1-5,11-12H,6-10H2,(H,17,20)(H,18,19)(H,21,22). The third-order valence-electron chi connectivity index (χ3n) is 3.93. The molecule has 6 heteroatoms. The normalized spacial score (nSPS) is 20.9. The van der Waals surface area contributed by atoms with Crippen molar-refractivity contribution in [3.63, 3.8) is 0 Å². The second kappa shape index (κ2) is 7.59. The Hall–Kier alpha value is -2.37. The molecule has 0 aliphatic heterocycles. The molecule has 3 N–H and O–H groups in total. The van der Waals surface area contributed by atoms with E-state index in [0.29, 0.717) is 31.4 Å². The molecule has 0 aromatic heterocycles. The van der Waals surface area contributed by atoms with Gasteiger partial charge in [0.1, 0.15) is 0 Å². The fourth-order valence-electron chi connectivity index (χ4n) is 2.64. The van der Waals surface area contributed by atoms with Crippen molar-refractivity contribution < 1.29 is 19.5 Å². The summed E-state index contributed by atoms with van der Waals surface area (Å²) in [6, 6.07) is 9.02. The number of benzene rings is 1. The molecule has 1 aliphatic carbocycles. The summed E-state index contributed by atoms with van der Waals surface area (Å²) in [4.78, 5) is 34.6. The predicted molar refractivity (Wildman–Crippen MR) is 81.2 cm³/mol. The summed E-state index contributed by atoms with van der Waals surface area (Å²) < 4.78 is 0. The molecular formula is C16H20N2O4. The maximum atomic E-state index is 12.0. The zero-order valence-corrected chi connectivity index (χ0v) is 12.2. The molecular weight excluding hydrogens is 284 g/mol. The van der Waals surface area contributed by atoms with E-state index in [0.717, 1.165) is 0 Å². The molecule has 0 unspecified atom stereocenters. The number of carbonyl (C=O) groups is 3. The van der Waals surface area contributed by atoms with Gasteiger partial charge in [0.25, 0.3) is 0 Å². The number of para-hydroxylation sites is 1. The van der Waals surface area contributed by atoms with E-state index in [1.54, 1.807) is 12.1 Å². The Morgan fingerprint density at radius 2 is 1.59 bits per heavy atom. The van der Waals surface area contributed by atoms with Gasteiger partial charge in [-0.2, -0.15) is 0 Å². The van der Waals surface area contributed by atoms with Gasteiger partial charge in [0.15, 0.2) is 0 Å². The third kappa shape index (κ3) is 4.58. The largest absolute Gasteiger partial charge is 0.481 e. The van der Waals surface area contributed by atoms with Crippen molar-refractivity contribution >= 4 is 23.5 Å². The molecule has 22 heavy (non-hydrogen) atoms. The zero-order valence-electron chi connectivity index (χ0n) is 12.2. The Balaban J connectivity index is 1.72. The summed E-state index contributed by atoms with van der Waals surface area (Å²) in [6.07, 6.45) is 2.15. The number of anilines is 1. The third-order valence-corrected chi connectivity index (χ3v) is 3.93. The highest BCUT2D eigenvalue weighted by Crippen LogP contribution is 2.28. The maximum Gasteiger partial charge on any atom is 0.306 e. The van der Waals surface area contributed by atoms with Crippen LogP contribution in [0.1, 0.15) is 25.7 Å². The lowest BCUT2D eigenvalue weighted by atomic mass is 9.81. The smallest absolute Gasteiger partial charge is 0.306 e. The molecule has 0 bridgehead atoms. The first kappa shape index (κ1) is 16.0. The van der Waals surface area contributed by atoms with Gasteiger partial charge in [-0.05, 0) is 37.8 Å². The summed E-state index contributed by atoms with van der Waals surface area (Å²) >= 11 is 0. The van der Waals surface area contributed by atoms with Crippen LogP contribution in [0.15, 0.2) is 30.3 Å². The molecule has 0 spiro atoms. The van der Waals surface area contributed by atoms with Crippen LogP contribution in [0.3, 0.4) is 0 Å². The molecule has 2 amide bonds. The molecule has 1 fully saturated rings. The summed E-state index contributed by atoms with van der Waals surface area (Å²) in [5.74, 6) is -1.78. The second-order valence-electron chi connectivity index (χ2n) is 5.52. The van der Waals surface area contributed by atoms with Crippen molar-refractivity contribution in [2.24, 2.45) is 11.8 Å². The van der Waals surface area contributed by atoms with Gasteiger partial charge in [0.2, 0.25) is 11.8 Å². The highest BCUT2D eigenvalue weighted by atomic mass is 16.4. The van der Waals surface area contributed by atoms with Gasteiger partial charge in [-0.1, -0.05) is 18.2 Å². The average molecular weight is 304 g/mol. The molecule has 0 radical (unpaired) electrons. The minimum Gasteiger partial charge on any atom is -0.481 e. The molecule has 1 aromatic rings. The van der Waals surface area contributed by atoms with E-state index in [1.807, 2.05) is 18.2 Å². The monoisotopic (exact) mass is 304 g/mol. The van der Waals surface area contributed by atoms with Gasteiger partial charge >= 0.3 is 5.97 Å². The minimum atomic E-state index is -0.791. The van der Waals surface area contributed by atoms with Crippen LogP contribution in [0, 0.1) is 11.8 Å². The topological polar surface area (TPSA) is 95.5 Å². The van der Waals surface area contributed by atoms with Crippen LogP contribution in [0.2, 0.25) is 0 Å². The summed E-state index contributed by atoms with van der Waals surface area (Å²) in [5, 5.41) is 14.2. The van der Waals surface area contributed by atoms with Crippen LogP contribution in [0.25, 0.3) is 0 Å².